The van der Waals surface area contributed by atoms with Crippen molar-refractivity contribution in [3.8, 4) is 11.1 Å². The van der Waals surface area contributed by atoms with Gasteiger partial charge in [-0.1, -0.05) is 35.9 Å². The third-order valence-electron chi connectivity index (χ3n) is 5.68. The van der Waals surface area contributed by atoms with Crippen LogP contribution in [0.1, 0.15) is 43.9 Å². The summed E-state index contributed by atoms with van der Waals surface area (Å²) in [6, 6.07) is 16.0. The lowest BCUT2D eigenvalue weighted by Gasteiger charge is -2.30. The molecule has 0 bridgehead atoms. The molecule has 1 aromatic heterocycles. The highest BCUT2D eigenvalue weighted by molar-refractivity contribution is 7.89. The number of esters is 1. The fraction of sp³-hybridized carbons (Fsp3) is 0.308. The number of aromatic nitrogens is 1. The van der Waals surface area contributed by atoms with Crippen LogP contribution in [0.2, 0.25) is 5.02 Å². The van der Waals surface area contributed by atoms with Crippen molar-refractivity contribution in [2.24, 2.45) is 0 Å². The van der Waals surface area contributed by atoms with Gasteiger partial charge in [0.2, 0.25) is 10.0 Å². The molecular formula is C26H29ClN2O4S. The molecule has 0 aliphatic heterocycles. The Kier molecular flexibility index (Phi) is 8.83. The Bertz CT molecular complexity index is 1230. The Labute approximate surface area is 206 Å². The minimum atomic E-state index is -3.90. The molecule has 0 N–H and O–H groups in total. The summed E-state index contributed by atoms with van der Waals surface area (Å²) in [6.45, 7) is 5.75. The van der Waals surface area contributed by atoms with E-state index in [1.807, 2.05) is 43.3 Å². The maximum absolute atomic E-state index is 13.8. The minimum absolute atomic E-state index is 0.137. The number of benzene rings is 2. The molecule has 180 valence electrons. The fourth-order valence-electron chi connectivity index (χ4n) is 3.82. The lowest BCUT2D eigenvalue weighted by atomic mass is 10.0. The number of sulfonamides is 1. The number of halogens is 1. The van der Waals surface area contributed by atoms with Crippen LogP contribution < -0.4 is 0 Å². The molecule has 0 amide bonds. The molecule has 34 heavy (non-hydrogen) atoms. The molecule has 0 aliphatic carbocycles. The molecule has 0 unspecified atom stereocenters. The predicted octanol–water partition coefficient (Wildman–Crippen LogP) is 5.81. The summed E-state index contributed by atoms with van der Waals surface area (Å²) in [5.74, 6) is -0.342. The van der Waals surface area contributed by atoms with E-state index in [0.29, 0.717) is 23.6 Å². The van der Waals surface area contributed by atoms with Gasteiger partial charge in [0.1, 0.15) is 0 Å². The quantitative estimate of drug-likeness (QED) is 0.328. The van der Waals surface area contributed by atoms with Crippen molar-refractivity contribution in [1.29, 1.82) is 0 Å². The number of ether oxygens (including phenoxy) is 1. The van der Waals surface area contributed by atoms with Gasteiger partial charge in [-0.2, -0.15) is 4.31 Å². The van der Waals surface area contributed by atoms with Gasteiger partial charge in [0, 0.05) is 36.4 Å². The second-order valence-corrected chi connectivity index (χ2v) is 10.2. The molecule has 6 nitrogen and oxygen atoms in total. The molecule has 0 radical (unpaired) electrons. The second-order valence-electron chi connectivity index (χ2n) is 7.92. The van der Waals surface area contributed by atoms with Crippen LogP contribution in [0.3, 0.4) is 0 Å². The van der Waals surface area contributed by atoms with Gasteiger partial charge in [-0.25, -0.2) is 8.42 Å². The lowest BCUT2D eigenvalue weighted by molar-refractivity contribution is -0.143. The molecule has 0 saturated heterocycles. The van der Waals surface area contributed by atoms with Crippen LogP contribution in [0.4, 0.5) is 0 Å². The summed E-state index contributed by atoms with van der Waals surface area (Å²) in [7, 11) is -3.90. The Balaban J connectivity index is 1.98. The third-order valence-corrected chi connectivity index (χ3v) is 8.21. The van der Waals surface area contributed by atoms with E-state index in [2.05, 4.69) is 4.98 Å². The highest BCUT2D eigenvalue weighted by Crippen LogP contribution is 2.33. The highest BCUT2D eigenvalue weighted by Gasteiger charge is 2.31. The zero-order valence-corrected chi connectivity index (χ0v) is 21.1. The van der Waals surface area contributed by atoms with Crippen LogP contribution in [0.15, 0.2) is 71.9 Å². The van der Waals surface area contributed by atoms with Crippen LogP contribution in [-0.2, 0) is 19.6 Å². The standard InChI is InChI=1S/C26H29ClN2O4S/c1-4-33-26(30)12-7-17-29(34(31,32)25-11-6-10-24(27)19(25)2)20(3)22-8-5-9-23(18-22)21-13-15-28-16-14-21/h5-6,8-11,13-16,18,20H,4,7,12,17H2,1-3H3/t20-/m0/s1. The van der Waals surface area contributed by atoms with Gasteiger partial charge >= 0.3 is 5.97 Å². The Morgan fingerprint density at radius 3 is 2.50 bits per heavy atom. The molecule has 1 heterocycles. The molecule has 0 spiro atoms. The number of carbonyl (C=O) groups is 1. The maximum Gasteiger partial charge on any atom is 0.305 e. The average Bonchev–Trinajstić information content (AvgIpc) is 2.83. The number of pyridine rings is 1. The second kappa shape index (κ2) is 11.6. The van der Waals surface area contributed by atoms with Gasteiger partial charge < -0.3 is 4.74 Å². The minimum Gasteiger partial charge on any atom is -0.466 e. The van der Waals surface area contributed by atoms with E-state index in [-0.39, 0.29) is 23.8 Å². The first-order valence-corrected chi connectivity index (χ1v) is 13.0. The van der Waals surface area contributed by atoms with E-state index >= 15 is 0 Å². The van der Waals surface area contributed by atoms with Crippen molar-refractivity contribution < 1.29 is 17.9 Å². The Hall–Kier alpha value is -2.74. The average molecular weight is 501 g/mol. The molecule has 1 atom stereocenters. The Morgan fingerprint density at radius 1 is 1.09 bits per heavy atom. The first kappa shape index (κ1) is 25.9. The largest absolute Gasteiger partial charge is 0.466 e. The van der Waals surface area contributed by atoms with E-state index in [9.17, 15) is 13.2 Å². The van der Waals surface area contributed by atoms with Crippen LogP contribution in [-0.4, -0.2) is 36.8 Å². The van der Waals surface area contributed by atoms with Crippen LogP contribution in [0, 0.1) is 6.92 Å². The molecule has 8 heteroatoms. The zero-order chi connectivity index (χ0) is 24.7. The molecule has 0 saturated carbocycles. The van der Waals surface area contributed by atoms with E-state index in [1.54, 1.807) is 44.4 Å². The molecule has 0 fully saturated rings. The molecule has 0 aliphatic rings. The molecule has 3 aromatic rings. The van der Waals surface area contributed by atoms with Crippen molar-refractivity contribution in [3.63, 3.8) is 0 Å². The van der Waals surface area contributed by atoms with Gasteiger partial charge in [-0.3, -0.25) is 9.78 Å². The number of carbonyl (C=O) groups excluding carboxylic acids is 1. The number of nitrogens with zero attached hydrogens (tertiary/aromatic N) is 2. The van der Waals surface area contributed by atoms with Gasteiger partial charge in [0.05, 0.1) is 11.5 Å². The topological polar surface area (TPSA) is 76.6 Å². The highest BCUT2D eigenvalue weighted by atomic mass is 35.5. The molecule has 3 rings (SSSR count). The van der Waals surface area contributed by atoms with Crippen LogP contribution >= 0.6 is 11.6 Å². The van der Waals surface area contributed by atoms with Gasteiger partial charge in [-0.05, 0) is 79.8 Å². The van der Waals surface area contributed by atoms with Crippen molar-refractivity contribution in [2.45, 2.75) is 44.6 Å². The first-order chi connectivity index (χ1) is 16.3. The molecule has 2 aromatic carbocycles. The number of hydrogen-bond acceptors (Lipinski definition) is 5. The summed E-state index contributed by atoms with van der Waals surface area (Å²) in [6.07, 6.45) is 3.92. The summed E-state index contributed by atoms with van der Waals surface area (Å²) in [5.41, 5.74) is 3.30. The first-order valence-electron chi connectivity index (χ1n) is 11.2. The predicted molar refractivity (Wildman–Crippen MR) is 134 cm³/mol. The van der Waals surface area contributed by atoms with E-state index < -0.39 is 16.1 Å². The summed E-state index contributed by atoms with van der Waals surface area (Å²) in [5, 5.41) is 0.389. The van der Waals surface area contributed by atoms with Gasteiger partial charge in [0.15, 0.2) is 0 Å². The Morgan fingerprint density at radius 2 is 1.79 bits per heavy atom. The summed E-state index contributed by atoms with van der Waals surface area (Å²) < 4.78 is 34.1. The van der Waals surface area contributed by atoms with Crippen molar-refractivity contribution in [1.82, 2.24) is 9.29 Å². The van der Waals surface area contributed by atoms with Gasteiger partial charge in [0.25, 0.3) is 0 Å². The maximum atomic E-state index is 13.8. The monoisotopic (exact) mass is 500 g/mol. The van der Waals surface area contributed by atoms with E-state index in [1.165, 1.54) is 4.31 Å². The van der Waals surface area contributed by atoms with Crippen molar-refractivity contribution in [2.75, 3.05) is 13.2 Å². The van der Waals surface area contributed by atoms with E-state index in [4.69, 9.17) is 16.3 Å². The van der Waals surface area contributed by atoms with Crippen LogP contribution in [0.5, 0.6) is 0 Å². The normalized spacial score (nSPS) is 12.5. The SMILES string of the molecule is CCOC(=O)CCCN([C@@H](C)c1cccc(-c2ccncc2)c1)S(=O)(=O)c1cccc(Cl)c1C. The smallest absolute Gasteiger partial charge is 0.305 e. The van der Waals surface area contributed by atoms with Crippen molar-refractivity contribution in [3.05, 3.63) is 83.1 Å². The van der Waals surface area contributed by atoms with Crippen LogP contribution in [0.25, 0.3) is 11.1 Å². The van der Waals surface area contributed by atoms with Gasteiger partial charge in [-0.15, -0.1) is 0 Å². The fourth-order valence-corrected chi connectivity index (χ4v) is 5.95. The van der Waals surface area contributed by atoms with Crippen molar-refractivity contribution >= 4 is 27.6 Å². The number of rotatable bonds is 10. The summed E-state index contributed by atoms with van der Waals surface area (Å²) in [4.78, 5) is 16.1. The third kappa shape index (κ3) is 6.03. The summed E-state index contributed by atoms with van der Waals surface area (Å²) >= 11 is 6.24. The zero-order valence-electron chi connectivity index (χ0n) is 19.6. The van der Waals surface area contributed by atoms with E-state index in [0.717, 1.165) is 16.7 Å². The number of hydrogen-bond donors (Lipinski definition) is 0. The molecular weight excluding hydrogens is 472 g/mol. The lowest BCUT2D eigenvalue weighted by Crippen LogP contribution is -2.35.